The molecular formula is C16H24N2O2. The average molecular weight is 276 g/mol. The summed E-state index contributed by atoms with van der Waals surface area (Å²) in [5, 5.41) is 6.14. The molecule has 0 unspecified atom stereocenters. The van der Waals surface area contributed by atoms with Crippen molar-refractivity contribution in [3.63, 3.8) is 0 Å². The van der Waals surface area contributed by atoms with Crippen molar-refractivity contribution < 1.29 is 9.53 Å². The molecule has 1 aliphatic rings. The summed E-state index contributed by atoms with van der Waals surface area (Å²) in [7, 11) is 1.36. The minimum Gasteiger partial charge on any atom is -0.453 e. The smallest absolute Gasteiger partial charge is 0.411 e. The molecule has 1 saturated carbocycles. The molecule has 0 radical (unpaired) electrons. The summed E-state index contributed by atoms with van der Waals surface area (Å²) in [6.45, 7) is 3.35. The summed E-state index contributed by atoms with van der Waals surface area (Å²) in [5.74, 6) is 1.65. The highest BCUT2D eigenvalue weighted by molar-refractivity contribution is 5.85. The Balaban J connectivity index is 1.83. The van der Waals surface area contributed by atoms with Gasteiger partial charge in [-0.2, -0.15) is 0 Å². The van der Waals surface area contributed by atoms with E-state index in [-0.39, 0.29) is 0 Å². The van der Waals surface area contributed by atoms with E-state index in [4.69, 9.17) is 0 Å². The van der Waals surface area contributed by atoms with E-state index < -0.39 is 6.09 Å². The van der Waals surface area contributed by atoms with Gasteiger partial charge < -0.3 is 10.1 Å². The first-order chi connectivity index (χ1) is 9.67. The number of methoxy groups -OCH3 is 1. The highest BCUT2D eigenvalue weighted by Gasteiger charge is 2.17. The van der Waals surface area contributed by atoms with Crippen molar-refractivity contribution in [3.05, 3.63) is 24.3 Å². The van der Waals surface area contributed by atoms with Gasteiger partial charge in [-0.05, 0) is 42.9 Å². The van der Waals surface area contributed by atoms with Gasteiger partial charge >= 0.3 is 6.09 Å². The van der Waals surface area contributed by atoms with Crippen molar-refractivity contribution in [1.29, 1.82) is 0 Å². The van der Waals surface area contributed by atoms with Crippen LogP contribution in [0.3, 0.4) is 0 Å². The fourth-order valence-corrected chi connectivity index (χ4v) is 2.67. The van der Waals surface area contributed by atoms with Crippen LogP contribution in [0.1, 0.15) is 32.6 Å². The van der Waals surface area contributed by atoms with Crippen molar-refractivity contribution in [2.24, 2.45) is 11.8 Å². The molecule has 0 aromatic heterocycles. The lowest BCUT2D eigenvalue weighted by molar-refractivity contribution is 0.187. The number of carbonyl (C=O) groups excluding carboxylic acids is 1. The van der Waals surface area contributed by atoms with Gasteiger partial charge in [0.15, 0.2) is 0 Å². The molecule has 2 rings (SSSR count). The van der Waals surface area contributed by atoms with Crippen LogP contribution in [-0.4, -0.2) is 19.7 Å². The summed E-state index contributed by atoms with van der Waals surface area (Å²) in [6.07, 6.45) is 4.87. The third-order valence-corrected chi connectivity index (χ3v) is 4.02. The Labute approximate surface area is 120 Å². The van der Waals surface area contributed by atoms with Crippen LogP contribution in [0.4, 0.5) is 16.2 Å². The number of rotatable bonds is 4. The van der Waals surface area contributed by atoms with Crippen molar-refractivity contribution in [3.8, 4) is 0 Å². The SMILES string of the molecule is COC(=O)Nc1cccc(NCC2CCC(C)CC2)c1. The number of amides is 1. The largest absolute Gasteiger partial charge is 0.453 e. The molecule has 20 heavy (non-hydrogen) atoms. The lowest BCUT2D eigenvalue weighted by atomic mass is 9.83. The number of ether oxygens (including phenoxy) is 1. The topological polar surface area (TPSA) is 50.4 Å². The molecule has 0 saturated heterocycles. The zero-order valence-electron chi connectivity index (χ0n) is 12.3. The van der Waals surface area contributed by atoms with Gasteiger partial charge in [-0.15, -0.1) is 0 Å². The maximum Gasteiger partial charge on any atom is 0.411 e. The summed E-state index contributed by atoms with van der Waals surface area (Å²) < 4.78 is 4.59. The van der Waals surface area contributed by atoms with Gasteiger partial charge in [-0.1, -0.05) is 25.8 Å². The van der Waals surface area contributed by atoms with Crippen molar-refractivity contribution in [1.82, 2.24) is 0 Å². The Kier molecular flexibility index (Phi) is 5.27. The Morgan fingerprint density at radius 3 is 2.65 bits per heavy atom. The number of nitrogens with one attached hydrogen (secondary N) is 2. The van der Waals surface area contributed by atoms with Crippen molar-refractivity contribution >= 4 is 17.5 Å². The molecule has 0 bridgehead atoms. The van der Waals surface area contributed by atoms with Crippen LogP contribution >= 0.6 is 0 Å². The minimum absolute atomic E-state index is 0.441. The standard InChI is InChI=1S/C16H24N2O2/c1-12-6-8-13(9-7-12)11-17-14-4-3-5-15(10-14)18-16(19)20-2/h3-5,10,12-13,17H,6-9,11H2,1-2H3,(H,18,19). The van der Waals surface area contributed by atoms with E-state index in [9.17, 15) is 4.79 Å². The zero-order valence-corrected chi connectivity index (χ0v) is 12.3. The van der Waals surface area contributed by atoms with Crippen LogP contribution in [-0.2, 0) is 4.74 Å². The summed E-state index contributed by atoms with van der Waals surface area (Å²) in [4.78, 5) is 11.2. The molecule has 4 nitrogen and oxygen atoms in total. The molecule has 2 N–H and O–H groups in total. The molecule has 110 valence electrons. The summed E-state index contributed by atoms with van der Waals surface area (Å²) in [6, 6.07) is 7.73. The number of hydrogen-bond donors (Lipinski definition) is 2. The van der Waals surface area contributed by atoms with Crippen LogP contribution in [0.15, 0.2) is 24.3 Å². The molecule has 4 heteroatoms. The van der Waals surface area contributed by atoms with Crippen LogP contribution in [0, 0.1) is 11.8 Å². The van der Waals surface area contributed by atoms with Gasteiger partial charge in [0, 0.05) is 17.9 Å². The molecule has 1 amide bonds. The van der Waals surface area contributed by atoms with Gasteiger partial charge in [0.25, 0.3) is 0 Å². The Morgan fingerprint density at radius 2 is 1.95 bits per heavy atom. The van der Waals surface area contributed by atoms with Crippen LogP contribution in [0.2, 0.25) is 0 Å². The first kappa shape index (κ1) is 14.7. The maximum atomic E-state index is 11.2. The monoisotopic (exact) mass is 276 g/mol. The molecule has 0 heterocycles. The first-order valence-electron chi connectivity index (χ1n) is 7.36. The lowest BCUT2D eigenvalue weighted by Gasteiger charge is -2.26. The van der Waals surface area contributed by atoms with E-state index in [0.29, 0.717) is 0 Å². The van der Waals surface area contributed by atoms with Gasteiger partial charge in [-0.3, -0.25) is 5.32 Å². The molecule has 0 spiro atoms. The molecule has 0 atom stereocenters. The Bertz CT molecular complexity index is 440. The Morgan fingerprint density at radius 1 is 1.25 bits per heavy atom. The predicted octanol–water partition coefficient (Wildman–Crippen LogP) is 4.10. The fourth-order valence-electron chi connectivity index (χ4n) is 2.67. The number of hydrogen-bond acceptors (Lipinski definition) is 3. The second-order valence-corrected chi connectivity index (χ2v) is 5.70. The molecule has 1 fully saturated rings. The molecule has 1 aliphatic carbocycles. The average Bonchev–Trinajstić information content (AvgIpc) is 2.47. The number of anilines is 2. The van der Waals surface area contributed by atoms with Gasteiger partial charge in [0.1, 0.15) is 0 Å². The van der Waals surface area contributed by atoms with E-state index in [0.717, 1.165) is 29.8 Å². The lowest BCUT2D eigenvalue weighted by Crippen LogP contribution is -2.20. The van der Waals surface area contributed by atoms with Crippen LogP contribution < -0.4 is 10.6 Å². The third kappa shape index (κ3) is 4.44. The van der Waals surface area contributed by atoms with E-state index >= 15 is 0 Å². The van der Waals surface area contributed by atoms with Crippen molar-refractivity contribution in [2.45, 2.75) is 32.6 Å². The van der Waals surface area contributed by atoms with E-state index in [1.54, 1.807) is 0 Å². The van der Waals surface area contributed by atoms with Crippen molar-refractivity contribution in [2.75, 3.05) is 24.3 Å². The van der Waals surface area contributed by atoms with Crippen LogP contribution in [0.5, 0.6) is 0 Å². The van der Waals surface area contributed by atoms with Gasteiger partial charge in [0.05, 0.1) is 7.11 Å². The highest BCUT2D eigenvalue weighted by atomic mass is 16.5. The Hall–Kier alpha value is -1.71. The quantitative estimate of drug-likeness (QED) is 0.870. The molecule has 1 aromatic carbocycles. The number of carbonyl (C=O) groups is 1. The molecular weight excluding hydrogens is 252 g/mol. The normalized spacial score (nSPS) is 22.1. The maximum absolute atomic E-state index is 11.2. The third-order valence-electron chi connectivity index (χ3n) is 4.02. The zero-order chi connectivity index (χ0) is 14.4. The second kappa shape index (κ2) is 7.17. The number of benzene rings is 1. The fraction of sp³-hybridized carbons (Fsp3) is 0.562. The van der Waals surface area contributed by atoms with Gasteiger partial charge in [0.2, 0.25) is 0 Å². The van der Waals surface area contributed by atoms with E-state index in [2.05, 4.69) is 22.3 Å². The predicted molar refractivity (Wildman–Crippen MR) is 82.1 cm³/mol. The summed E-state index contributed by atoms with van der Waals surface area (Å²) >= 11 is 0. The minimum atomic E-state index is -0.441. The van der Waals surface area contributed by atoms with E-state index in [1.807, 2.05) is 24.3 Å². The first-order valence-corrected chi connectivity index (χ1v) is 7.36. The second-order valence-electron chi connectivity index (χ2n) is 5.70. The van der Waals surface area contributed by atoms with Gasteiger partial charge in [-0.25, -0.2) is 4.79 Å². The van der Waals surface area contributed by atoms with Crippen LogP contribution in [0.25, 0.3) is 0 Å². The van der Waals surface area contributed by atoms with E-state index in [1.165, 1.54) is 32.8 Å². The highest BCUT2D eigenvalue weighted by Crippen LogP contribution is 2.28. The molecule has 0 aliphatic heterocycles. The molecule has 1 aromatic rings. The summed E-state index contributed by atoms with van der Waals surface area (Å²) in [5.41, 5.74) is 1.79.